The van der Waals surface area contributed by atoms with Gasteiger partial charge in [0.2, 0.25) is 5.91 Å². The quantitative estimate of drug-likeness (QED) is 0.773. The zero-order valence-electron chi connectivity index (χ0n) is 8.81. The van der Waals surface area contributed by atoms with E-state index in [9.17, 15) is 4.79 Å². The molecular formula is C12H16N2O. The van der Waals surface area contributed by atoms with Crippen LogP contribution in [0.5, 0.6) is 0 Å². The fourth-order valence-corrected chi connectivity index (χ4v) is 1.21. The smallest absolute Gasteiger partial charge is 0.236 e. The Bertz CT molecular complexity index is 333. The van der Waals surface area contributed by atoms with Gasteiger partial charge >= 0.3 is 0 Å². The first kappa shape index (κ1) is 11.5. The van der Waals surface area contributed by atoms with Gasteiger partial charge in [-0.25, -0.2) is 0 Å². The number of carbonyl (C=O) groups excluding carboxylic acids is 1. The minimum atomic E-state index is -0.463. The van der Waals surface area contributed by atoms with Crippen LogP contribution in [0.4, 0.5) is 0 Å². The van der Waals surface area contributed by atoms with Crippen LogP contribution >= 0.6 is 0 Å². The minimum Gasteiger partial charge on any atom is -0.358 e. The van der Waals surface area contributed by atoms with Gasteiger partial charge in [-0.3, -0.25) is 4.79 Å². The van der Waals surface area contributed by atoms with Gasteiger partial charge < -0.3 is 11.1 Å². The Labute approximate surface area is 90.0 Å². The van der Waals surface area contributed by atoms with Gasteiger partial charge in [0.05, 0.1) is 6.04 Å². The highest BCUT2D eigenvalue weighted by atomic mass is 16.2. The lowest BCUT2D eigenvalue weighted by molar-refractivity contribution is -0.121. The zero-order chi connectivity index (χ0) is 11.1. The van der Waals surface area contributed by atoms with Crippen molar-refractivity contribution in [1.29, 1.82) is 0 Å². The molecule has 1 rings (SSSR count). The molecule has 1 amide bonds. The predicted octanol–water partition coefficient (Wildman–Crippen LogP) is 1.16. The standard InChI is InChI=1S/C12H16N2O/c1-14-12(15)11(13)9-5-8-10-6-3-2-4-7-10/h2-8,11H,9,13H2,1H3,(H,14,15)/b8-5+. The highest BCUT2D eigenvalue weighted by molar-refractivity contribution is 5.81. The van der Waals surface area contributed by atoms with Crippen LogP contribution in [0, 0.1) is 0 Å². The number of hydrogen-bond donors (Lipinski definition) is 2. The highest BCUT2D eigenvalue weighted by Crippen LogP contribution is 2.02. The van der Waals surface area contributed by atoms with E-state index in [0.717, 1.165) is 5.56 Å². The molecule has 1 unspecified atom stereocenters. The van der Waals surface area contributed by atoms with Crippen molar-refractivity contribution in [1.82, 2.24) is 5.32 Å². The van der Waals surface area contributed by atoms with Crippen LogP contribution in [0.2, 0.25) is 0 Å². The number of carbonyl (C=O) groups is 1. The van der Waals surface area contributed by atoms with Gasteiger partial charge in [-0.1, -0.05) is 42.5 Å². The van der Waals surface area contributed by atoms with Gasteiger partial charge in [0.1, 0.15) is 0 Å². The first-order valence-electron chi connectivity index (χ1n) is 4.93. The summed E-state index contributed by atoms with van der Waals surface area (Å²) in [6, 6.07) is 9.45. The van der Waals surface area contributed by atoms with E-state index in [1.54, 1.807) is 7.05 Å². The van der Waals surface area contributed by atoms with Crippen LogP contribution in [-0.2, 0) is 4.79 Å². The number of rotatable bonds is 4. The zero-order valence-corrected chi connectivity index (χ0v) is 8.81. The number of benzene rings is 1. The van der Waals surface area contributed by atoms with E-state index >= 15 is 0 Å². The van der Waals surface area contributed by atoms with Gasteiger partial charge in [-0.2, -0.15) is 0 Å². The molecule has 0 spiro atoms. The number of nitrogens with one attached hydrogen (secondary N) is 1. The van der Waals surface area contributed by atoms with Gasteiger partial charge in [0.15, 0.2) is 0 Å². The molecule has 0 radical (unpaired) electrons. The first-order valence-corrected chi connectivity index (χ1v) is 4.93. The molecular weight excluding hydrogens is 188 g/mol. The van der Waals surface area contributed by atoms with E-state index in [4.69, 9.17) is 5.73 Å². The summed E-state index contributed by atoms with van der Waals surface area (Å²) in [6.45, 7) is 0. The third kappa shape index (κ3) is 3.95. The largest absolute Gasteiger partial charge is 0.358 e. The van der Waals surface area contributed by atoms with Crippen LogP contribution in [0.15, 0.2) is 36.4 Å². The van der Waals surface area contributed by atoms with Gasteiger partial charge in [0.25, 0.3) is 0 Å². The summed E-state index contributed by atoms with van der Waals surface area (Å²) >= 11 is 0. The van der Waals surface area contributed by atoms with Crippen LogP contribution in [0.3, 0.4) is 0 Å². The van der Waals surface area contributed by atoms with E-state index in [0.29, 0.717) is 6.42 Å². The average molecular weight is 204 g/mol. The van der Waals surface area contributed by atoms with Crippen LogP contribution in [0.1, 0.15) is 12.0 Å². The van der Waals surface area contributed by atoms with Crippen molar-refractivity contribution < 1.29 is 4.79 Å². The number of likely N-dealkylation sites (N-methyl/N-ethyl adjacent to an activating group) is 1. The number of nitrogens with two attached hydrogens (primary N) is 1. The molecule has 0 aliphatic heterocycles. The molecule has 15 heavy (non-hydrogen) atoms. The second kappa shape index (κ2) is 5.98. The van der Waals surface area contributed by atoms with Gasteiger partial charge in [0, 0.05) is 7.05 Å². The van der Waals surface area contributed by atoms with Crippen LogP contribution < -0.4 is 11.1 Å². The molecule has 0 bridgehead atoms. The third-order valence-corrected chi connectivity index (χ3v) is 2.08. The Morgan fingerprint density at radius 1 is 1.47 bits per heavy atom. The molecule has 0 fully saturated rings. The monoisotopic (exact) mass is 204 g/mol. The fourth-order valence-electron chi connectivity index (χ4n) is 1.21. The second-order valence-electron chi connectivity index (χ2n) is 3.27. The Kier molecular flexibility index (Phi) is 4.57. The van der Waals surface area contributed by atoms with Crippen LogP contribution in [-0.4, -0.2) is 19.0 Å². The van der Waals surface area contributed by atoms with Gasteiger partial charge in [-0.05, 0) is 12.0 Å². The minimum absolute atomic E-state index is 0.132. The maximum atomic E-state index is 11.1. The molecule has 0 aliphatic rings. The van der Waals surface area contributed by atoms with E-state index in [1.165, 1.54) is 0 Å². The summed E-state index contributed by atoms with van der Waals surface area (Å²) in [5.41, 5.74) is 6.74. The number of amides is 1. The molecule has 1 aromatic carbocycles. The van der Waals surface area contributed by atoms with Crippen molar-refractivity contribution in [3.05, 3.63) is 42.0 Å². The fraction of sp³-hybridized carbons (Fsp3) is 0.250. The Balaban J connectivity index is 2.43. The molecule has 1 atom stereocenters. The van der Waals surface area contributed by atoms with E-state index in [2.05, 4.69) is 5.32 Å². The summed E-state index contributed by atoms with van der Waals surface area (Å²) in [5, 5.41) is 2.52. The number of hydrogen-bond acceptors (Lipinski definition) is 2. The molecule has 0 saturated heterocycles. The Morgan fingerprint density at radius 3 is 2.73 bits per heavy atom. The maximum absolute atomic E-state index is 11.1. The lowest BCUT2D eigenvalue weighted by atomic mass is 10.1. The summed E-state index contributed by atoms with van der Waals surface area (Å²) in [5.74, 6) is -0.132. The normalized spacial score (nSPS) is 12.7. The predicted molar refractivity (Wildman–Crippen MR) is 62.1 cm³/mol. The molecule has 0 heterocycles. The SMILES string of the molecule is CNC(=O)C(N)C/C=C/c1ccccc1. The molecule has 3 heteroatoms. The third-order valence-electron chi connectivity index (χ3n) is 2.08. The van der Waals surface area contributed by atoms with Crippen molar-refractivity contribution >= 4 is 12.0 Å². The Morgan fingerprint density at radius 2 is 2.13 bits per heavy atom. The summed E-state index contributed by atoms with van der Waals surface area (Å²) in [6.07, 6.45) is 4.42. The van der Waals surface area contributed by atoms with E-state index in [1.807, 2.05) is 42.5 Å². The lowest BCUT2D eigenvalue weighted by Crippen LogP contribution is -2.38. The first-order chi connectivity index (χ1) is 7.24. The Hall–Kier alpha value is -1.61. The average Bonchev–Trinajstić information content (AvgIpc) is 2.29. The molecule has 0 saturated carbocycles. The summed E-state index contributed by atoms with van der Waals surface area (Å²) in [7, 11) is 1.59. The summed E-state index contributed by atoms with van der Waals surface area (Å²) in [4.78, 5) is 11.1. The van der Waals surface area contributed by atoms with Crippen LogP contribution in [0.25, 0.3) is 6.08 Å². The van der Waals surface area contributed by atoms with Crippen molar-refractivity contribution in [2.24, 2.45) is 5.73 Å². The van der Waals surface area contributed by atoms with E-state index < -0.39 is 6.04 Å². The summed E-state index contributed by atoms with van der Waals surface area (Å²) < 4.78 is 0. The molecule has 1 aromatic rings. The topological polar surface area (TPSA) is 55.1 Å². The molecule has 80 valence electrons. The van der Waals surface area contributed by atoms with Crippen molar-refractivity contribution in [3.63, 3.8) is 0 Å². The second-order valence-corrected chi connectivity index (χ2v) is 3.27. The van der Waals surface area contributed by atoms with Crippen molar-refractivity contribution in [3.8, 4) is 0 Å². The highest BCUT2D eigenvalue weighted by Gasteiger charge is 2.07. The maximum Gasteiger partial charge on any atom is 0.236 e. The van der Waals surface area contributed by atoms with E-state index in [-0.39, 0.29) is 5.91 Å². The molecule has 3 N–H and O–H groups in total. The molecule has 0 aliphatic carbocycles. The van der Waals surface area contributed by atoms with Gasteiger partial charge in [-0.15, -0.1) is 0 Å². The van der Waals surface area contributed by atoms with Crippen molar-refractivity contribution in [2.75, 3.05) is 7.05 Å². The molecule has 3 nitrogen and oxygen atoms in total. The van der Waals surface area contributed by atoms with Crippen molar-refractivity contribution in [2.45, 2.75) is 12.5 Å². The lowest BCUT2D eigenvalue weighted by Gasteiger charge is -2.05. The molecule has 0 aromatic heterocycles.